The van der Waals surface area contributed by atoms with Crippen molar-refractivity contribution in [3.05, 3.63) is 43.8 Å². The molecule has 0 fully saturated rings. The number of esters is 1. The first-order chi connectivity index (χ1) is 12.7. The van der Waals surface area contributed by atoms with Gasteiger partial charge in [-0.1, -0.05) is 27.4 Å². The van der Waals surface area contributed by atoms with Gasteiger partial charge in [0.25, 0.3) is 0 Å². The Morgan fingerprint density at radius 3 is 2.70 bits per heavy atom. The van der Waals surface area contributed by atoms with E-state index in [1.54, 1.807) is 18.3 Å². The van der Waals surface area contributed by atoms with Gasteiger partial charge in [-0.25, -0.2) is 0 Å². The largest absolute Gasteiger partial charge is 0.465 e. The number of thiophene rings is 1. The molecule has 6 heteroatoms. The number of ketones is 1. The number of carbonyl (C=O) groups excluding carboxylic acids is 2. The number of rotatable bonds is 4. The molecule has 146 valence electrons. The van der Waals surface area contributed by atoms with E-state index >= 15 is 0 Å². The molecule has 2 aliphatic rings. The summed E-state index contributed by atoms with van der Waals surface area (Å²) in [5, 5.41) is 3.29. The quantitative estimate of drug-likeness (QED) is 0.647. The Labute approximate surface area is 173 Å². The summed E-state index contributed by atoms with van der Waals surface area (Å²) >= 11 is 5.28. The monoisotopic (exact) mass is 451 g/mol. The second kappa shape index (κ2) is 7.55. The molecule has 1 aliphatic heterocycles. The number of Topliss-reactive ketones (excluding diaryl/α,β-unsaturated/α-hetero) is 1. The minimum Gasteiger partial charge on any atom is -0.465 e. The Kier molecular flexibility index (Phi) is 5.69. The maximum atomic E-state index is 13.1. The molecule has 2 unspecified atom stereocenters. The van der Waals surface area contributed by atoms with Crippen LogP contribution in [-0.4, -0.2) is 18.4 Å². The zero-order valence-corrected chi connectivity index (χ0v) is 18.7. The van der Waals surface area contributed by atoms with E-state index in [-0.39, 0.29) is 23.1 Å². The highest BCUT2D eigenvalue weighted by Crippen LogP contribution is 2.50. The van der Waals surface area contributed by atoms with E-state index in [1.165, 1.54) is 4.88 Å². The van der Waals surface area contributed by atoms with Gasteiger partial charge in [-0.2, -0.15) is 0 Å². The molecule has 0 radical (unpaired) electrons. The van der Waals surface area contributed by atoms with Gasteiger partial charge in [0.1, 0.15) is 5.92 Å². The highest BCUT2D eigenvalue weighted by atomic mass is 79.9. The maximum Gasteiger partial charge on any atom is 0.315 e. The van der Waals surface area contributed by atoms with Crippen molar-refractivity contribution in [2.24, 2.45) is 11.3 Å². The third-order valence-electron chi connectivity index (χ3n) is 5.20. The van der Waals surface area contributed by atoms with Gasteiger partial charge >= 0.3 is 5.97 Å². The molecule has 0 saturated carbocycles. The first kappa shape index (κ1) is 20.3. The molecule has 1 aliphatic carbocycles. The lowest BCUT2D eigenvalue weighted by Gasteiger charge is -2.41. The van der Waals surface area contributed by atoms with Gasteiger partial charge in [-0.05, 0) is 47.2 Å². The standard InChI is InChI=1S/C21H26BrNO3S/c1-6-15-12(22)8-16(27-15)19-17(20(25)26-7-2)11(3)23-13-9-21(4,5)10-14(24)18(13)19/h8,17,19,23H,3,6-7,9-10H2,1-2,4-5H3. The van der Waals surface area contributed by atoms with Gasteiger partial charge in [-0.3, -0.25) is 9.59 Å². The normalized spacial score (nSPS) is 24.5. The van der Waals surface area contributed by atoms with E-state index in [1.807, 2.05) is 0 Å². The van der Waals surface area contributed by atoms with Crippen molar-refractivity contribution in [3.8, 4) is 0 Å². The summed E-state index contributed by atoms with van der Waals surface area (Å²) in [6.07, 6.45) is 2.15. The van der Waals surface area contributed by atoms with Crippen LogP contribution in [0.2, 0.25) is 0 Å². The van der Waals surface area contributed by atoms with Crippen LogP contribution in [0.3, 0.4) is 0 Å². The molecule has 0 aromatic carbocycles. The third-order valence-corrected chi connectivity index (χ3v) is 7.53. The van der Waals surface area contributed by atoms with Crippen molar-refractivity contribution in [1.82, 2.24) is 5.32 Å². The Balaban J connectivity index is 2.17. The first-order valence-corrected chi connectivity index (χ1v) is 11.0. The fourth-order valence-corrected chi connectivity index (χ4v) is 6.15. The summed E-state index contributed by atoms with van der Waals surface area (Å²) < 4.78 is 6.37. The van der Waals surface area contributed by atoms with Crippen LogP contribution in [0.25, 0.3) is 0 Å². The maximum absolute atomic E-state index is 13.1. The number of hydrogen-bond acceptors (Lipinski definition) is 5. The number of nitrogens with one attached hydrogen (secondary N) is 1. The van der Waals surface area contributed by atoms with Crippen LogP contribution in [0.1, 0.15) is 56.2 Å². The van der Waals surface area contributed by atoms with Crippen molar-refractivity contribution in [3.63, 3.8) is 0 Å². The van der Waals surface area contributed by atoms with Gasteiger partial charge in [0.15, 0.2) is 5.78 Å². The summed E-state index contributed by atoms with van der Waals surface area (Å²) in [5.41, 5.74) is 2.16. The van der Waals surface area contributed by atoms with Crippen molar-refractivity contribution in [2.45, 2.75) is 52.9 Å². The molecule has 0 spiro atoms. The van der Waals surface area contributed by atoms with Crippen LogP contribution in [0.4, 0.5) is 0 Å². The van der Waals surface area contributed by atoms with Crippen molar-refractivity contribution >= 4 is 39.0 Å². The highest BCUT2D eigenvalue weighted by molar-refractivity contribution is 9.10. The van der Waals surface area contributed by atoms with Crippen LogP contribution in [0.5, 0.6) is 0 Å². The van der Waals surface area contributed by atoms with Crippen LogP contribution in [0.15, 0.2) is 34.1 Å². The molecule has 1 N–H and O–H groups in total. The number of allylic oxidation sites excluding steroid dienone is 2. The Morgan fingerprint density at radius 1 is 1.41 bits per heavy atom. The summed E-state index contributed by atoms with van der Waals surface area (Å²) in [4.78, 5) is 28.2. The molecule has 4 nitrogen and oxygen atoms in total. The third kappa shape index (κ3) is 3.79. The molecule has 0 saturated heterocycles. The Hall–Kier alpha value is -1.40. The van der Waals surface area contributed by atoms with Gasteiger partial charge in [-0.15, -0.1) is 11.3 Å². The van der Waals surface area contributed by atoms with E-state index in [0.717, 1.165) is 33.5 Å². The topological polar surface area (TPSA) is 55.4 Å². The van der Waals surface area contributed by atoms with Crippen LogP contribution < -0.4 is 5.32 Å². The van der Waals surface area contributed by atoms with E-state index in [0.29, 0.717) is 18.7 Å². The van der Waals surface area contributed by atoms with Crippen LogP contribution in [-0.2, 0) is 20.7 Å². The van der Waals surface area contributed by atoms with Gasteiger partial charge in [0.2, 0.25) is 0 Å². The minimum absolute atomic E-state index is 0.102. The Bertz CT molecular complexity index is 836. The van der Waals surface area contributed by atoms with E-state index < -0.39 is 5.92 Å². The van der Waals surface area contributed by atoms with Crippen LogP contribution >= 0.6 is 27.3 Å². The lowest BCUT2D eigenvalue weighted by atomic mass is 9.68. The zero-order chi connectivity index (χ0) is 19.9. The smallest absolute Gasteiger partial charge is 0.315 e. The van der Waals surface area contributed by atoms with Crippen molar-refractivity contribution in [2.75, 3.05) is 6.61 Å². The number of hydrogen-bond donors (Lipinski definition) is 1. The highest BCUT2D eigenvalue weighted by Gasteiger charge is 2.47. The molecule has 0 amide bonds. The van der Waals surface area contributed by atoms with Crippen molar-refractivity contribution < 1.29 is 14.3 Å². The fourth-order valence-electron chi connectivity index (χ4n) is 4.08. The molecular weight excluding hydrogens is 426 g/mol. The lowest BCUT2D eigenvalue weighted by Crippen LogP contribution is -2.43. The summed E-state index contributed by atoms with van der Waals surface area (Å²) in [7, 11) is 0. The first-order valence-electron chi connectivity index (χ1n) is 9.35. The van der Waals surface area contributed by atoms with E-state index in [2.05, 4.69) is 54.7 Å². The number of carbonyl (C=O) groups is 2. The number of halogens is 1. The number of ether oxygens (including phenoxy) is 1. The fraction of sp³-hybridized carbons (Fsp3) is 0.524. The predicted molar refractivity (Wildman–Crippen MR) is 112 cm³/mol. The number of aryl methyl sites for hydroxylation is 1. The average molecular weight is 452 g/mol. The molecule has 2 heterocycles. The van der Waals surface area contributed by atoms with Gasteiger partial charge in [0, 0.05) is 43.5 Å². The summed E-state index contributed by atoms with van der Waals surface area (Å²) in [6, 6.07) is 2.05. The summed E-state index contributed by atoms with van der Waals surface area (Å²) in [6.45, 7) is 12.5. The van der Waals surface area contributed by atoms with Gasteiger partial charge < -0.3 is 10.1 Å². The Morgan fingerprint density at radius 2 is 2.11 bits per heavy atom. The second-order valence-corrected chi connectivity index (χ2v) is 9.99. The predicted octanol–water partition coefficient (Wildman–Crippen LogP) is 5.10. The minimum atomic E-state index is -0.593. The van der Waals surface area contributed by atoms with E-state index in [4.69, 9.17) is 4.74 Å². The van der Waals surface area contributed by atoms with Gasteiger partial charge in [0.05, 0.1) is 6.61 Å². The average Bonchev–Trinajstić information content (AvgIpc) is 2.93. The second-order valence-electron chi connectivity index (χ2n) is 7.96. The molecule has 2 atom stereocenters. The lowest BCUT2D eigenvalue weighted by molar-refractivity contribution is -0.147. The molecular formula is C21H26BrNO3S. The molecule has 27 heavy (non-hydrogen) atoms. The van der Waals surface area contributed by atoms with Crippen LogP contribution in [0, 0.1) is 11.3 Å². The summed E-state index contributed by atoms with van der Waals surface area (Å²) in [5.74, 6) is -1.14. The molecule has 1 aromatic rings. The SMILES string of the molecule is C=C1NC2=C(C(=O)CC(C)(C)C2)C(c2cc(Br)c(CC)s2)C1C(=O)OCC. The molecule has 3 rings (SSSR count). The van der Waals surface area contributed by atoms with E-state index in [9.17, 15) is 9.59 Å². The van der Waals surface area contributed by atoms with Crippen molar-refractivity contribution in [1.29, 1.82) is 0 Å². The molecule has 0 bridgehead atoms. The molecule has 1 aromatic heterocycles. The zero-order valence-electron chi connectivity index (χ0n) is 16.3.